The topological polar surface area (TPSA) is 68.3 Å². The highest BCUT2D eigenvalue weighted by Crippen LogP contribution is 2.20. The van der Waals surface area contributed by atoms with Crippen molar-refractivity contribution in [2.24, 2.45) is 0 Å². The van der Waals surface area contributed by atoms with E-state index < -0.39 is 0 Å². The Morgan fingerprint density at radius 3 is 2.89 bits per heavy atom. The van der Waals surface area contributed by atoms with Gasteiger partial charge in [-0.25, -0.2) is 0 Å². The van der Waals surface area contributed by atoms with Crippen LogP contribution in [0.2, 0.25) is 0 Å². The lowest BCUT2D eigenvalue weighted by molar-refractivity contribution is -0.384. The maximum atomic E-state index is 10.7. The first kappa shape index (κ1) is 12.2. The zero-order chi connectivity index (χ0) is 13.0. The first-order valence-corrected chi connectivity index (χ1v) is 5.67. The summed E-state index contributed by atoms with van der Waals surface area (Å²) in [5, 5.41) is 13.9. The van der Waals surface area contributed by atoms with E-state index in [2.05, 4.69) is 5.32 Å². The van der Waals surface area contributed by atoms with Gasteiger partial charge in [0.05, 0.1) is 11.2 Å². The molecule has 2 rings (SSSR count). The Morgan fingerprint density at radius 2 is 2.22 bits per heavy atom. The normalized spacial score (nSPS) is 10.3. The first-order chi connectivity index (χ1) is 8.65. The van der Waals surface area contributed by atoms with Gasteiger partial charge in [0.2, 0.25) is 0 Å². The van der Waals surface area contributed by atoms with Crippen LogP contribution in [0.3, 0.4) is 0 Å². The van der Waals surface area contributed by atoms with Crippen molar-refractivity contribution in [2.75, 3.05) is 11.9 Å². The third kappa shape index (κ3) is 3.10. The molecule has 0 saturated heterocycles. The minimum atomic E-state index is -0.384. The number of non-ortho nitro benzene ring substituents is 1. The van der Waals surface area contributed by atoms with Crippen molar-refractivity contribution < 1.29 is 9.34 Å². The Morgan fingerprint density at radius 1 is 1.39 bits per heavy atom. The van der Waals surface area contributed by atoms with Crippen LogP contribution in [0.15, 0.2) is 41.0 Å². The summed E-state index contributed by atoms with van der Waals surface area (Å²) < 4.78 is 5.21. The number of nitro groups is 1. The molecule has 1 aromatic heterocycles. The Hall–Kier alpha value is -2.30. The van der Waals surface area contributed by atoms with E-state index in [9.17, 15) is 10.1 Å². The van der Waals surface area contributed by atoms with Crippen molar-refractivity contribution in [3.63, 3.8) is 0 Å². The Labute approximate surface area is 105 Å². The number of nitrogens with zero attached hydrogens (tertiary/aromatic N) is 1. The van der Waals surface area contributed by atoms with E-state index in [4.69, 9.17) is 4.42 Å². The molecule has 1 aromatic carbocycles. The second-order valence-corrected chi connectivity index (χ2v) is 4.07. The lowest BCUT2D eigenvalue weighted by Crippen LogP contribution is -2.04. The van der Waals surface area contributed by atoms with E-state index in [-0.39, 0.29) is 10.6 Å². The molecule has 94 valence electrons. The molecule has 0 radical (unpaired) electrons. The molecule has 0 aliphatic heterocycles. The Balaban J connectivity index is 1.98. The van der Waals surface area contributed by atoms with E-state index >= 15 is 0 Å². The fraction of sp³-hybridized carbons (Fsp3) is 0.231. The third-order valence-corrected chi connectivity index (χ3v) is 2.55. The number of anilines is 1. The molecule has 18 heavy (non-hydrogen) atoms. The van der Waals surface area contributed by atoms with Crippen molar-refractivity contribution in [3.05, 3.63) is 58.0 Å². The van der Waals surface area contributed by atoms with E-state index in [0.717, 1.165) is 23.4 Å². The predicted octanol–water partition coefficient (Wildman–Crippen LogP) is 3.15. The molecule has 0 amide bonds. The highest BCUT2D eigenvalue weighted by atomic mass is 16.6. The van der Waals surface area contributed by atoms with Gasteiger partial charge in [0.1, 0.15) is 5.76 Å². The molecule has 0 atom stereocenters. The summed E-state index contributed by atoms with van der Waals surface area (Å²) in [4.78, 5) is 10.3. The maximum Gasteiger partial charge on any atom is 0.271 e. The molecule has 0 aliphatic carbocycles. The van der Waals surface area contributed by atoms with E-state index in [0.29, 0.717) is 6.54 Å². The standard InChI is InChI=1S/C13H14N2O3/c1-10-7-11(9-12(8-10)15(16)17)14-5-4-13-3-2-6-18-13/h2-3,6-9,14H,4-5H2,1H3. The van der Waals surface area contributed by atoms with Crippen LogP contribution in [0.25, 0.3) is 0 Å². The maximum absolute atomic E-state index is 10.7. The molecular weight excluding hydrogens is 232 g/mol. The van der Waals surface area contributed by atoms with Crippen LogP contribution in [0.4, 0.5) is 11.4 Å². The van der Waals surface area contributed by atoms with Crippen LogP contribution in [0.5, 0.6) is 0 Å². The van der Waals surface area contributed by atoms with Gasteiger partial charge < -0.3 is 9.73 Å². The summed E-state index contributed by atoms with van der Waals surface area (Å²) in [7, 11) is 0. The second kappa shape index (κ2) is 5.35. The van der Waals surface area contributed by atoms with Gasteiger partial charge in [-0.2, -0.15) is 0 Å². The fourth-order valence-corrected chi connectivity index (χ4v) is 1.76. The van der Waals surface area contributed by atoms with Crippen LogP contribution in [-0.2, 0) is 6.42 Å². The van der Waals surface area contributed by atoms with Crippen LogP contribution in [-0.4, -0.2) is 11.5 Å². The molecular formula is C13H14N2O3. The number of hydrogen-bond acceptors (Lipinski definition) is 4. The minimum Gasteiger partial charge on any atom is -0.469 e. The van der Waals surface area contributed by atoms with E-state index in [1.54, 1.807) is 12.3 Å². The van der Waals surface area contributed by atoms with Crippen molar-refractivity contribution in [1.29, 1.82) is 0 Å². The average Bonchev–Trinajstić information content (AvgIpc) is 2.81. The van der Waals surface area contributed by atoms with Gasteiger partial charge in [-0.1, -0.05) is 0 Å². The van der Waals surface area contributed by atoms with Gasteiger partial charge in [0.15, 0.2) is 0 Å². The van der Waals surface area contributed by atoms with Gasteiger partial charge in [-0.3, -0.25) is 10.1 Å². The Kier molecular flexibility index (Phi) is 3.62. The second-order valence-electron chi connectivity index (χ2n) is 4.07. The zero-order valence-corrected chi connectivity index (χ0v) is 10.1. The molecule has 0 saturated carbocycles. The summed E-state index contributed by atoms with van der Waals surface area (Å²) >= 11 is 0. The van der Waals surface area contributed by atoms with E-state index in [1.807, 2.05) is 25.1 Å². The molecule has 0 unspecified atom stereocenters. The molecule has 0 fully saturated rings. The lowest BCUT2D eigenvalue weighted by atomic mass is 10.2. The third-order valence-electron chi connectivity index (χ3n) is 2.55. The summed E-state index contributed by atoms with van der Waals surface area (Å²) in [5.41, 5.74) is 1.73. The monoisotopic (exact) mass is 246 g/mol. The van der Waals surface area contributed by atoms with Crippen LogP contribution < -0.4 is 5.32 Å². The summed E-state index contributed by atoms with van der Waals surface area (Å²) in [6.07, 6.45) is 2.38. The Bertz CT molecular complexity index is 535. The zero-order valence-electron chi connectivity index (χ0n) is 10.1. The van der Waals surface area contributed by atoms with Crippen LogP contribution in [0.1, 0.15) is 11.3 Å². The van der Waals surface area contributed by atoms with Gasteiger partial charge in [-0.05, 0) is 30.7 Å². The molecule has 0 aliphatic rings. The molecule has 2 aromatic rings. The smallest absolute Gasteiger partial charge is 0.271 e. The van der Waals surface area contributed by atoms with Crippen molar-refractivity contribution in [2.45, 2.75) is 13.3 Å². The molecule has 0 spiro atoms. The van der Waals surface area contributed by atoms with Gasteiger partial charge >= 0.3 is 0 Å². The number of rotatable bonds is 5. The highest BCUT2D eigenvalue weighted by Gasteiger charge is 2.07. The summed E-state index contributed by atoms with van der Waals surface area (Å²) in [6.45, 7) is 2.51. The molecule has 5 nitrogen and oxygen atoms in total. The number of nitrogens with one attached hydrogen (secondary N) is 1. The van der Waals surface area contributed by atoms with Crippen molar-refractivity contribution >= 4 is 11.4 Å². The number of benzene rings is 1. The number of hydrogen-bond donors (Lipinski definition) is 1. The fourth-order valence-electron chi connectivity index (χ4n) is 1.76. The number of aryl methyl sites for hydroxylation is 1. The minimum absolute atomic E-state index is 0.107. The number of nitro benzene ring substituents is 1. The molecule has 1 heterocycles. The largest absolute Gasteiger partial charge is 0.469 e. The SMILES string of the molecule is Cc1cc(NCCc2ccco2)cc([N+](=O)[O-])c1. The van der Waals surface area contributed by atoms with Gasteiger partial charge in [0.25, 0.3) is 5.69 Å². The van der Waals surface area contributed by atoms with Crippen LogP contribution in [0, 0.1) is 17.0 Å². The average molecular weight is 246 g/mol. The summed E-state index contributed by atoms with van der Waals surface area (Å²) in [5.74, 6) is 0.893. The summed E-state index contributed by atoms with van der Waals surface area (Å²) in [6, 6.07) is 8.72. The van der Waals surface area contributed by atoms with Crippen molar-refractivity contribution in [3.8, 4) is 0 Å². The molecule has 5 heteroatoms. The van der Waals surface area contributed by atoms with Crippen LogP contribution >= 0.6 is 0 Å². The van der Waals surface area contributed by atoms with Gasteiger partial charge in [0, 0.05) is 30.8 Å². The molecule has 0 bridgehead atoms. The lowest BCUT2D eigenvalue weighted by Gasteiger charge is -2.06. The van der Waals surface area contributed by atoms with Gasteiger partial charge in [-0.15, -0.1) is 0 Å². The predicted molar refractivity (Wildman–Crippen MR) is 68.7 cm³/mol. The first-order valence-electron chi connectivity index (χ1n) is 5.67. The highest BCUT2D eigenvalue weighted by molar-refractivity contribution is 5.53. The van der Waals surface area contributed by atoms with E-state index in [1.165, 1.54) is 6.07 Å². The number of furan rings is 1. The molecule has 1 N–H and O–H groups in total. The van der Waals surface area contributed by atoms with Crippen molar-refractivity contribution in [1.82, 2.24) is 0 Å². The quantitative estimate of drug-likeness (QED) is 0.650.